The van der Waals surface area contributed by atoms with E-state index < -0.39 is 0 Å². The number of para-hydroxylation sites is 2. The van der Waals surface area contributed by atoms with E-state index in [1.165, 1.54) is 41.2 Å². The molecule has 2 aromatic carbocycles. The van der Waals surface area contributed by atoms with Crippen LogP contribution in [0.1, 0.15) is 42.2 Å². The molecule has 2 heteroatoms. The fourth-order valence-corrected chi connectivity index (χ4v) is 4.82. The quantitative estimate of drug-likeness (QED) is 0.430. The minimum absolute atomic E-state index is 0.752. The van der Waals surface area contributed by atoms with Crippen LogP contribution in [-0.4, -0.2) is 4.98 Å². The topological polar surface area (TPSA) is 26.0 Å². The number of hydrogen-bond donors (Lipinski definition) is 0. The van der Waals surface area contributed by atoms with Gasteiger partial charge in [-0.2, -0.15) is 0 Å². The van der Waals surface area contributed by atoms with Gasteiger partial charge in [0, 0.05) is 22.5 Å². The lowest BCUT2D eigenvalue weighted by molar-refractivity contribution is 0.669. The molecule has 1 saturated carbocycles. The van der Waals surface area contributed by atoms with E-state index in [2.05, 4.69) is 42.6 Å². The average molecular weight is 311 g/mol. The molecule has 2 atom stereocenters. The van der Waals surface area contributed by atoms with Crippen LogP contribution in [0.4, 0.5) is 0 Å². The first-order valence-electron chi connectivity index (χ1n) is 8.79. The molecule has 2 nitrogen and oxygen atoms in total. The first-order valence-corrected chi connectivity index (χ1v) is 8.79. The summed E-state index contributed by atoms with van der Waals surface area (Å²) in [5.74, 6) is 1.51. The summed E-state index contributed by atoms with van der Waals surface area (Å²) in [6, 6.07) is 17.0. The molecule has 2 aromatic heterocycles. The molecule has 0 radical (unpaired) electrons. The zero-order valence-electron chi connectivity index (χ0n) is 13.3. The van der Waals surface area contributed by atoms with E-state index in [-0.39, 0.29) is 0 Å². The Morgan fingerprint density at radius 2 is 1.71 bits per heavy atom. The third-order valence-corrected chi connectivity index (χ3v) is 5.96. The third kappa shape index (κ3) is 1.58. The SMILES string of the molecule is c1ccc2c(c1)oc1c(-c3cc4c(cn3)C3CCC4C3)cccc12. The van der Waals surface area contributed by atoms with E-state index >= 15 is 0 Å². The van der Waals surface area contributed by atoms with E-state index in [4.69, 9.17) is 9.40 Å². The maximum absolute atomic E-state index is 6.18. The minimum Gasteiger partial charge on any atom is -0.455 e. The maximum Gasteiger partial charge on any atom is 0.144 e. The highest BCUT2D eigenvalue weighted by atomic mass is 16.3. The van der Waals surface area contributed by atoms with Crippen LogP contribution in [-0.2, 0) is 0 Å². The molecule has 116 valence electrons. The van der Waals surface area contributed by atoms with Crippen molar-refractivity contribution in [1.82, 2.24) is 4.98 Å². The van der Waals surface area contributed by atoms with Gasteiger partial charge in [-0.15, -0.1) is 0 Å². The average Bonchev–Trinajstić information content (AvgIpc) is 3.34. The highest BCUT2D eigenvalue weighted by Gasteiger charge is 2.37. The summed E-state index contributed by atoms with van der Waals surface area (Å²) < 4.78 is 6.18. The number of hydrogen-bond acceptors (Lipinski definition) is 2. The Morgan fingerprint density at radius 3 is 2.67 bits per heavy atom. The van der Waals surface area contributed by atoms with Gasteiger partial charge in [0.25, 0.3) is 0 Å². The van der Waals surface area contributed by atoms with Crippen LogP contribution in [0.25, 0.3) is 33.2 Å². The lowest BCUT2D eigenvalue weighted by Crippen LogP contribution is -1.99. The predicted octanol–water partition coefficient (Wildman–Crippen LogP) is 6.01. The molecule has 2 aliphatic rings. The first kappa shape index (κ1) is 12.8. The van der Waals surface area contributed by atoms with E-state index in [0.717, 1.165) is 34.3 Å². The maximum atomic E-state index is 6.18. The first-order chi connectivity index (χ1) is 11.9. The normalized spacial score (nSPS) is 21.7. The summed E-state index contributed by atoms with van der Waals surface area (Å²) in [6.07, 6.45) is 6.14. The number of pyridine rings is 1. The van der Waals surface area contributed by atoms with Crippen molar-refractivity contribution in [3.63, 3.8) is 0 Å². The standard InChI is InChI=1S/C22H17NO/c1-2-7-21-15(4-1)16-5-3-6-17(22(16)24-21)20-11-18-13-8-9-14(10-13)19(18)12-23-20/h1-7,11-14H,8-10H2. The molecule has 2 unspecified atom stereocenters. The summed E-state index contributed by atoms with van der Waals surface area (Å²) in [4.78, 5) is 4.80. The molecule has 0 N–H and O–H groups in total. The van der Waals surface area contributed by atoms with Crippen molar-refractivity contribution in [2.75, 3.05) is 0 Å². The fourth-order valence-electron chi connectivity index (χ4n) is 4.82. The number of aromatic nitrogens is 1. The van der Waals surface area contributed by atoms with Crippen molar-refractivity contribution >= 4 is 21.9 Å². The highest BCUT2D eigenvalue weighted by molar-refractivity contribution is 6.09. The van der Waals surface area contributed by atoms with Gasteiger partial charge in [0.15, 0.2) is 0 Å². The number of furan rings is 1. The molecule has 2 bridgehead atoms. The Morgan fingerprint density at radius 1 is 0.875 bits per heavy atom. The van der Waals surface area contributed by atoms with Crippen molar-refractivity contribution in [3.8, 4) is 11.3 Å². The number of benzene rings is 2. The Bertz CT molecular complexity index is 1110. The van der Waals surface area contributed by atoms with Gasteiger partial charge < -0.3 is 4.42 Å². The Labute approximate surface area is 140 Å². The van der Waals surface area contributed by atoms with Gasteiger partial charge in [0.2, 0.25) is 0 Å². The lowest BCUT2D eigenvalue weighted by Gasteiger charge is -2.15. The molecule has 0 amide bonds. The van der Waals surface area contributed by atoms with E-state index in [1.807, 2.05) is 12.1 Å². The molecule has 0 aliphatic heterocycles. The van der Waals surface area contributed by atoms with Crippen LogP contribution >= 0.6 is 0 Å². The Kier molecular flexibility index (Phi) is 2.38. The predicted molar refractivity (Wildman–Crippen MR) is 96.3 cm³/mol. The molecular formula is C22H17NO. The Balaban J connectivity index is 1.61. The van der Waals surface area contributed by atoms with Crippen molar-refractivity contribution in [2.24, 2.45) is 0 Å². The second kappa shape index (κ2) is 4.47. The van der Waals surface area contributed by atoms with Crippen LogP contribution in [0.2, 0.25) is 0 Å². The van der Waals surface area contributed by atoms with Gasteiger partial charge in [-0.3, -0.25) is 4.98 Å². The van der Waals surface area contributed by atoms with Crippen molar-refractivity contribution in [1.29, 1.82) is 0 Å². The van der Waals surface area contributed by atoms with Gasteiger partial charge in [-0.25, -0.2) is 0 Å². The monoisotopic (exact) mass is 311 g/mol. The van der Waals surface area contributed by atoms with Crippen LogP contribution in [0.3, 0.4) is 0 Å². The van der Waals surface area contributed by atoms with Crippen molar-refractivity contribution in [2.45, 2.75) is 31.1 Å². The summed E-state index contributed by atoms with van der Waals surface area (Å²) in [5.41, 5.74) is 7.07. The third-order valence-electron chi connectivity index (χ3n) is 5.96. The van der Waals surface area contributed by atoms with E-state index in [9.17, 15) is 0 Å². The summed E-state index contributed by atoms with van der Waals surface area (Å²) in [5, 5.41) is 2.35. The second-order valence-corrected chi connectivity index (χ2v) is 7.19. The molecule has 1 fully saturated rings. The van der Waals surface area contributed by atoms with Gasteiger partial charge in [0.05, 0.1) is 5.69 Å². The van der Waals surface area contributed by atoms with Gasteiger partial charge >= 0.3 is 0 Å². The van der Waals surface area contributed by atoms with Gasteiger partial charge in [-0.05, 0) is 60.4 Å². The molecule has 2 heterocycles. The van der Waals surface area contributed by atoms with Crippen molar-refractivity contribution < 1.29 is 4.42 Å². The zero-order chi connectivity index (χ0) is 15.7. The molecule has 0 spiro atoms. The van der Waals surface area contributed by atoms with E-state index in [0.29, 0.717) is 0 Å². The molecule has 2 aliphatic carbocycles. The van der Waals surface area contributed by atoms with Crippen LogP contribution in [0.15, 0.2) is 59.1 Å². The molecule has 4 aromatic rings. The number of nitrogens with zero attached hydrogens (tertiary/aromatic N) is 1. The minimum atomic E-state index is 0.752. The van der Waals surface area contributed by atoms with Crippen LogP contribution < -0.4 is 0 Å². The highest BCUT2D eigenvalue weighted by Crippen LogP contribution is 2.53. The summed E-state index contributed by atoms with van der Waals surface area (Å²) >= 11 is 0. The molecular weight excluding hydrogens is 294 g/mol. The molecule has 6 rings (SSSR count). The number of rotatable bonds is 1. The lowest BCUT2D eigenvalue weighted by atomic mass is 9.92. The van der Waals surface area contributed by atoms with Crippen LogP contribution in [0, 0.1) is 0 Å². The van der Waals surface area contributed by atoms with E-state index in [1.54, 1.807) is 0 Å². The fraction of sp³-hybridized carbons (Fsp3) is 0.227. The van der Waals surface area contributed by atoms with Gasteiger partial charge in [0.1, 0.15) is 11.2 Å². The summed E-state index contributed by atoms with van der Waals surface area (Å²) in [7, 11) is 0. The van der Waals surface area contributed by atoms with Gasteiger partial charge in [-0.1, -0.05) is 30.3 Å². The Hall–Kier alpha value is -2.61. The van der Waals surface area contributed by atoms with Crippen LogP contribution in [0.5, 0.6) is 0 Å². The number of fused-ring (bicyclic) bond motifs is 8. The zero-order valence-corrected chi connectivity index (χ0v) is 13.3. The smallest absolute Gasteiger partial charge is 0.144 e. The molecule has 0 saturated heterocycles. The summed E-state index contributed by atoms with van der Waals surface area (Å²) in [6.45, 7) is 0. The molecule has 24 heavy (non-hydrogen) atoms. The van der Waals surface area contributed by atoms with Crippen molar-refractivity contribution in [3.05, 3.63) is 65.9 Å². The largest absolute Gasteiger partial charge is 0.455 e. The second-order valence-electron chi connectivity index (χ2n) is 7.19.